The predicted octanol–water partition coefficient (Wildman–Crippen LogP) is 4.32. The average molecular weight is 383 g/mol. The monoisotopic (exact) mass is 382 g/mol. The van der Waals surface area contributed by atoms with Gasteiger partial charge in [0.2, 0.25) is 0 Å². The minimum Gasteiger partial charge on any atom is -0.486 e. The lowest BCUT2D eigenvalue weighted by molar-refractivity contribution is 0.0726. The van der Waals surface area contributed by atoms with Gasteiger partial charge in [-0.1, -0.05) is 32.1 Å². The second kappa shape index (κ2) is 9.60. The second-order valence-electron chi connectivity index (χ2n) is 7.51. The molecule has 0 aliphatic carbocycles. The molecule has 1 aliphatic heterocycles. The van der Waals surface area contributed by atoms with Crippen LogP contribution in [0.1, 0.15) is 48.1 Å². The van der Waals surface area contributed by atoms with Gasteiger partial charge in [-0.05, 0) is 42.2 Å². The number of carbonyl (C=O) groups is 1. The van der Waals surface area contributed by atoms with Crippen LogP contribution in [0.3, 0.4) is 0 Å². The van der Waals surface area contributed by atoms with E-state index in [-0.39, 0.29) is 5.91 Å². The molecule has 3 rings (SSSR count). The molecule has 0 N–H and O–H groups in total. The Bertz CT molecular complexity index is 779. The molecule has 1 saturated heterocycles. The molecule has 1 aliphatic rings. The highest BCUT2D eigenvalue weighted by atomic mass is 16.5. The lowest BCUT2D eigenvalue weighted by atomic mass is 10.0. The van der Waals surface area contributed by atoms with Crippen molar-refractivity contribution < 1.29 is 13.9 Å². The number of ether oxygens (including phenoxy) is 1. The van der Waals surface area contributed by atoms with Crippen molar-refractivity contribution in [1.82, 2.24) is 9.80 Å². The third kappa shape index (κ3) is 5.26. The number of nitrogens with zero attached hydrogens (tertiary/aromatic N) is 2. The Kier molecular flexibility index (Phi) is 6.93. The van der Waals surface area contributed by atoms with Crippen molar-refractivity contribution in [3.8, 4) is 5.75 Å². The molecule has 1 aromatic heterocycles. The van der Waals surface area contributed by atoms with Gasteiger partial charge in [-0.3, -0.25) is 9.69 Å². The molecule has 0 bridgehead atoms. The van der Waals surface area contributed by atoms with Crippen LogP contribution >= 0.6 is 0 Å². The summed E-state index contributed by atoms with van der Waals surface area (Å²) in [5, 5.41) is 0. The van der Waals surface area contributed by atoms with Gasteiger partial charge in [0.15, 0.2) is 5.76 Å². The van der Waals surface area contributed by atoms with Crippen LogP contribution in [0.4, 0.5) is 0 Å². The zero-order valence-electron chi connectivity index (χ0n) is 16.9. The van der Waals surface area contributed by atoms with E-state index in [1.165, 1.54) is 5.56 Å². The van der Waals surface area contributed by atoms with Crippen LogP contribution < -0.4 is 4.74 Å². The minimum atomic E-state index is -0.0482. The van der Waals surface area contributed by atoms with Crippen molar-refractivity contribution >= 4 is 5.91 Å². The Morgan fingerprint density at radius 3 is 2.64 bits per heavy atom. The lowest BCUT2D eigenvalue weighted by Crippen LogP contribution is -2.35. The first-order valence-electron chi connectivity index (χ1n) is 10.0. The largest absolute Gasteiger partial charge is 0.486 e. The average Bonchev–Trinajstić information content (AvgIpc) is 3.05. The van der Waals surface area contributed by atoms with E-state index < -0.39 is 0 Å². The molecule has 150 valence electrons. The molecule has 2 aromatic rings. The molecule has 1 fully saturated rings. The fraction of sp³-hybridized carbons (Fsp3) is 0.435. The van der Waals surface area contributed by atoms with Crippen molar-refractivity contribution in [2.24, 2.45) is 0 Å². The van der Waals surface area contributed by atoms with Crippen LogP contribution in [-0.4, -0.2) is 48.4 Å². The van der Waals surface area contributed by atoms with Gasteiger partial charge in [0.05, 0.1) is 0 Å². The predicted molar refractivity (Wildman–Crippen MR) is 111 cm³/mol. The maximum atomic E-state index is 12.8. The first kappa shape index (κ1) is 20.2. The summed E-state index contributed by atoms with van der Waals surface area (Å²) in [4.78, 5) is 16.9. The fourth-order valence-corrected chi connectivity index (χ4v) is 3.37. The third-order valence-corrected chi connectivity index (χ3v) is 5.06. The molecular formula is C23H30N2O3. The number of hydrogen-bond acceptors (Lipinski definition) is 4. The van der Waals surface area contributed by atoms with E-state index in [0.29, 0.717) is 30.6 Å². The van der Waals surface area contributed by atoms with Crippen LogP contribution in [0, 0.1) is 0 Å². The van der Waals surface area contributed by atoms with E-state index in [0.717, 1.165) is 38.3 Å². The lowest BCUT2D eigenvalue weighted by Gasteiger charge is -2.20. The van der Waals surface area contributed by atoms with Crippen molar-refractivity contribution in [3.05, 3.63) is 66.1 Å². The van der Waals surface area contributed by atoms with Gasteiger partial charge in [-0.2, -0.15) is 0 Å². The van der Waals surface area contributed by atoms with E-state index in [2.05, 4.69) is 37.5 Å². The third-order valence-electron chi connectivity index (χ3n) is 5.06. The molecule has 0 radical (unpaired) electrons. The van der Waals surface area contributed by atoms with Crippen molar-refractivity contribution in [1.29, 1.82) is 0 Å². The van der Waals surface area contributed by atoms with Gasteiger partial charge < -0.3 is 14.1 Å². The Morgan fingerprint density at radius 1 is 1.14 bits per heavy atom. The number of benzene rings is 1. The molecule has 0 unspecified atom stereocenters. The van der Waals surface area contributed by atoms with Crippen LogP contribution in [0.25, 0.3) is 0 Å². The molecule has 28 heavy (non-hydrogen) atoms. The van der Waals surface area contributed by atoms with E-state index in [9.17, 15) is 4.79 Å². The van der Waals surface area contributed by atoms with E-state index in [1.807, 2.05) is 29.2 Å². The van der Waals surface area contributed by atoms with Crippen molar-refractivity contribution in [2.45, 2.75) is 32.8 Å². The topological polar surface area (TPSA) is 45.9 Å². The summed E-state index contributed by atoms with van der Waals surface area (Å²) in [6.45, 7) is 12.6. The zero-order chi connectivity index (χ0) is 19.9. The normalized spacial score (nSPS) is 15.5. The molecule has 1 amide bonds. The Balaban J connectivity index is 1.54. The summed E-state index contributed by atoms with van der Waals surface area (Å²) in [5.74, 6) is 2.28. The van der Waals surface area contributed by atoms with Crippen LogP contribution in [-0.2, 0) is 6.61 Å². The maximum absolute atomic E-state index is 12.8. The first-order chi connectivity index (χ1) is 13.6. The van der Waals surface area contributed by atoms with Crippen molar-refractivity contribution in [2.75, 3.05) is 32.7 Å². The molecule has 0 saturated carbocycles. The molecule has 1 aromatic carbocycles. The van der Waals surface area contributed by atoms with Gasteiger partial charge in [0.1, 0.15) is 18.1 Å². The van der Waals surface area contributed by atoms with E-state index in [1.54, 1.807) is 6.07 Å². The summed E-state index contributed by atoms with van der Waals surface area (Å²) in [6, 6.07) is 11.7. The van der Waals surface area contributed by atoms with Gasteiger partial charge in [0.25, 0.3) is 5.91 Å². The first-order valence-corrected chi connectivity index (χ1v) is 10.0. The van der Waals surface area contributed by atoms with Gasteiger partial charge in [-0.15, -0.1) is 6.58 Å². The summed E-state index contributed by atoms with van der Waals surface area (Å²) < 4.78 is 11.5. The number of furan rings is 1. The number of carbonyl (C=O) groups excluding carboxylic acids is 1. The van der Waals surface area contributed by atoms with Crippen LogP contribution in [0.2, 0.25) is 0 Å². The Labute approximate surface area is 167 Å². The fourth-order valence-electron chi connectivity index (χ4n) is 3.37. The van der Waals surface area contributed by atoms with Crippen molar-refractivity contribution in [3.63, 3.8) is 0 Å². The summed E-state index contributed by atoms with van der Waals surface area (Å²) >= 11 is 0. The van der Waals surface area contributed by atoms with E-state index in [4.69, 9.17) is 9.15 Å². The van der Waals surface area contributed by atoms with Gasteiger partial charge in [-0.25, -0.2) is 0 Å². The second-order valence-corrected chi connectivity index (χ2v) is 7.51. The Hall–Kier alpha value is -2.53. The molecular weight excluding hydrogens is 352 g/mol. The summed E-state index contributed by atoms with van der Waals surface area (Å²) in [5.41, 5.74) is 1.28. The standard InChI is InChI=1S/C23H30N2O3/c1-4-12-24-13-5-14-25(16-15-24)23(26)22-11-10-21(28-22)17-27-20-8-6-19(7-9-20)18(2)3/h4,6-11,18H,1,5,12-17H2,2-3H3. The number of amides is 1. The quantitative estimate of drug-likeness (QED) is 0.669. The molecule has 5 nitrogen and oxygen atoms in total. The minimum absolute atomic E-state index is 0.0482. The highest BCUT2D eigenvalue weighted by Gasteiger charge is 2.22. The van der Waals surface area contributed by atoms with Crippen LogP contribution in [0.15, 0.2) is 53.5 Å². The number of hydrogen-bond donors (Lipinski definition) is 0. The van der Waals surface area contributed by atoms with Gasteiger partial charge in [0, 0.05) is 32.7 Å². The summed E-state index contributed by atoms with van der Waals surface area (Å²) in [7, 11) is 0. The SMILES string of the molecule is C=CCN1CCCN(C(=O)c2ccc(COc3ccc(C(C)C)cc3)o2)CC1. The van der Waals surface area contributed by atoms with Crippen LogP contribution in [0.5, 0.6) is 5.75 Å². The zero-order valence-corrected chi connectivity index (χ0v) is 16.9. The van der Waals surface area contributed by atoms with Gasteiger partial charge >= 0.3 is 0 Å². The molecule has 0 spiro atoms. The molecule has 5 heteroatoms. The number of rotatable bonds is 7. The maximum Gasteiger partial charge on any atom is 0.289 e. The summed E-state index contributed by atoms with van der Waals surface area (Å²) in [6.07, 6.45) is 2.87. The highest BCUT2D eigenvalue weighted by molar-refractivity contribution is 5.91. The molecule has 0 atom stereocenters. The van der Waals surface area contributed by atoms with E-state index >= 15 is 0 Å². The smallest absolute Gasteiger partial charge is 0.289 e. The highest BCUT2D eigenvalue weighted by Crippen LogP contribution is 2.20. The molecule has 2 heterocycles. The Morgan fingerprint density at radius 2 is 1.93 bits per heavy atom.